The van der Waals surface area contributed by atoms with Gasteiger partial charge in [-0.3, -0.25) is 4.90 Å². The van der Waals surface area contributed by atoms with Crippen molar-refractivity contribution in [2.75, 3.05) is 65.6 Å². The Bertz CT molecular complexity index is 1250. The summed E-state index contributed by atoms with van der Waals surface area (Å²) < 4.78 is 62.7. The molecule has 0 saturated carbocycles. The number of ether oxygens (including phenoxy) is 1. The number of piperazine rings is 1. The van der Waals surface area contributed by atoms with Gasteiger partial charge in [0.1, 0.15) is 11.6 Å². The molecule has 13 heteroatoms. The maximum absolute atomic E-state index is 14.6. The molecule has 0 aliphatic carbocycles. The maximum atomic E-state index is 14.6. The Morgan fingerprint density at radius 3 is 2.45 bits per heavy atom. The lowest BCUT2D eigenvalue weighted by Crippen LogP contribution is -2.57. The number of carbonyl (C=O) groups excluding carboxylic acids is 1. The first-order valence-corrected chi connectivity index (χ1v) is 15.2. The zero-order valence-corrected chi connectivity index (χ0v) is 23.8. The number of likely N-dealkylation sites (tertiary alicyclic amines) is 1. The molecule has 40 heavy (non-hydrogen) atoms. The average Bonchev–Trinajstić information content (AvgIpc) is 2.96. The Morgan fingerprint density at radius 1 is 1.02 bits per heavy atom. The molecule has 0 bridgehead atoms. The zero-order chi connectivity index (χ0) is 28.7. The Labute approximate surface area is 238 Å². The van der Waals surface area contributed by atoms with Crippen molar-refractivity contribution in [1.29, 1.82) is 0 Å². The van der Waals surface area contributed by atoms with Gasteiger partial charge in [-0.2, -0.15) is 4.31 Å². The van der Waals surface area contributed by atoms with Crippen molar-refractivity contribution in [3.63, 3.8) is 0 Å². The fourth-order valence-corrected chi connectivity index (χ4v) is 6.82. The number of aliphatic hydroxyl groups excluding tert-OH is 1. The Hall–Kier alpha value is -2.35. The van der Waals surface area contributed by atoms with Crippen LogP contribution >= 0.6 is 11.6 Å². The van der Waals surface area contributed by atoms with E-state index in [0.29, 0.717) is 70.3 Å². The van der Waals surface area contributed by atoms with E-state index in [0.717, 1.165) is 18.2 Å². The predicted molar refractivity (Wildman–Crippen MR) is 146 cm³/mol. The van der Waals surface area contributed by atoms with E-state index >= 15 is 0 Å². The first-order valence-electron chi connectivity index (χ1n) is 13.3. The van der Waals surface area contributed by atoms with Crippen molar-refractivity contribution in [3.8, 4) is 0 Å². The summed E-state index contributed by atoms with van der Waals surface area (Å²) in [6.07, 6.45) is 1.03. The van der Waals surface area contributed by atoms with Gasteiger partial charge in [-0.25, -0.2) is 22.0 Å². The predicted octanol–water partition coefficient (Wildman–Crippen LogP) is 3.02. The van der Waals surface area contributed by atoms with E-state index in [2.05, 4.69) is 4.90 Å². The number of nitrogens with zero attached hydrogens (tertiary/aromatic N) is 4. The number of hydrogen-bond acceptors (Lipinski definition) is 6. The number of carbonyl (C=O) groups is 1. The molecule has 9 nitrogen and oxygen atoms in total. The summed E-state index contributed by atoms with van der Waals surface area (Å²) in [5.74, 6) is -1.37. The summed E-state index contributed by atoms with van der Waals surface area (Å²) in [6, 6.07) is 7.86. The van der Waals surface area contributed by atoms with Crippen LogP contribution in [-0.4, -0.2) is 110 Å². The minimum Gasteiger partial charge on any atom is -0.394 e. The van der Waals surface area contributed by atoms with Gasteiger partial charge in [-0.1, -0.05) is 11.6 Å². The Balaban J connectivity index is 1.48. The number of sulfonamides is 1. The lowest BCUT2D eigenvalue weighted by Gasteiger charge is -2.42. The monoisotopic (exact) mass is 600 g/mol. The molecule has 2 fully saturated rings. The first-order chi connectivity index (χ1) is 19.2. The van der Waals surface area contributed by atoms with Gasteiger partial charge in [-0.15, -0.1) is 0 Å². The van der Waals surface area contributed by atoms with Crippen LogP contribution in [0.4, 0.5) is 13.6 Å². The highest BCUT2D eigenvalue weighted by Crippen LogP contribution is 2.28. The van der Waals surface area contributed by atoms with Crippen LogP contribution in [0.2, 0.25) is 5.02 Å². The third kappa shape index (κ3) is 7.68. The van der Waals surface area contributed by atoms with Crippen LogP contribution in [0.25, 0.3) is 0 Å². The van der Waals surface area contributed by atoms with E-state index in [1.54, 1.807) is 9.80 Å². The van der Waals surface area contributed by atoms with E-state index in [4.69, 9.17) is 21.4 Å². The quantitative estimate of drug-likeness (QED) is 0.422. The van der Waals surface area contributed by atoms with Crippen LogP contribution in [-0.2, 0) is 21.3 Å². The smallest absolute Gasteiger partial charge is 0.320 e. The van der Waals surface area contributed by atoms with Crippen LogP contribution in [0, 0.1) is 11.6 Å². The van der Waals surface area contributed by atoms with Crippen LogP contribution in [0.15, 0.2) is 47.4 Å². The lowest BCUT2D eigenvalue weighted by molar-refractivity contribution is 0.0560. The third-order valence-corrected chi connectivity index (χ3v) is 9.42. The van der Waals surface area contributed by atoms with Crippen molar-refractivity contribution < 1.29 is 31.8 Å². The molecule has 0 spiro atoms. The lowest BCUT2D eigenvalue weighted by atomic mass is 10.1. The first kappa shape index (κ1) is 30.6. The molecule has 1 unspecified atom stereocenters. The van der Waals surface area contributed by atoms with Crippen molar-refractivity contribution in [2.45, 2.75) is 30.3 Å². The Morgan fingerprint density at radius 2 is 1.75 bits per heavy atom. The van der Waals surface area contributed by atoms with E-state index < -0.39 is 27.7 Å². The molecule has 4 rings (SSSR count). The molecule has 0 aromatic heterocycles. The molecular weight excluding hydrogens is 566 g/mol. The minimum absolute atomic E-state index is 0.0174. The van der Waals surface area contributed by atoms with E-state index in [-0.39, 0.29) is 36.2 Å². The third-order valence-electron chi connectivity index (χ3n) is 7.26. The van der Waals surface area contributed by atoms with Gasteiger partial charge in [0, 0.05) is 69.0 Å². The number of urea groups is 1. The molecule has 1 N–H and O–H groups in total. The molecule has 1 atom stereocenters. The molecule has 220 valence electrons. The van der Waals surface area contributed by atoms with Crippen LogP contribution in [0.1, 0.15) is 18.4 Å². The number of halogens is 3. The standard InChI is InChI=1S/C27H35ClF2N4O5S/c28-22-3-6-25(7-4-22)40(37,38)34(19-21-18-23(29)5-8-26(21)30)24-2-1-9-33(20-24)27(36)32-12-10-31(11-13-32)14-16-39-17-15-35/h3-8,18,24,35H,1-2,9-17,19-20H2. The molecule has 2 heterocycles. The van der Waals surface area contributed by atoms with E-state index in [1.165, 1.54) is 28.6 Å². The fourth-order valence-electron chi connectivity index (χ4n) is 5.07. The summed E-state index contributed by atoms with van der Waals surface area (Å²) in [7, 11) is -4.14. The Kier molecular flexibility index (Phi) is 10.7. The maximum Gasteiger partial charge on any atom is 0.320 e. The van der Waals surface area contributed by atoms with Crippen LogP contribution < -0.4 is 0 Å². The number of amides is 2. The summed E-state index contributed by atoms with van der Waals surface area (Å²) in [5, 5.41) is 9.19. The molecule has 2 aliphatic rings. The van der Waals surface area contributed by atoms with Gasteiger partial charge in [-0.05, 0) is 55.3 Å². The fraction of sp³-hybridized carbons (Fsp3) is 0.519. The topological polar surface area (TPSA) is 93.6 Å². The van der Waals surface area contributed by atoms with Gasteiger partial charge >= 0.3 is 6.03 Å². The molecular formula is C27H35ClF2N4O5S. The van der Waals surface area contributed by atoms with Crippen molar-refractivity contribution in [1.82, 2.24) is 19.0 Å². The summed E-state index contributed by atoms with van der Waals surface area (Å²) in [5.41, 5.74) is -0.0833. The second kappa shape index (κ2) is 14.0. The van der Waals surface area contributed by atoms with Gasteiger partial charge < -0.3 is 19.6 Å². The van der Waals surface area contributed by atoms with Gasteiger partial charge in [0.2, 0.25) is 10.0 Å². The zero-order valence-electron chi connectivity index (χ0n) is 22.2. The number of piperidine rings is 1. The number of benzene rings is 2. The van der Waals surface area contributed by atoms with Gasteiger partial charge in [0.05, 0.1) is 24.7 Å². The molecule has 2 saturated heterocycles. The number of aliphatic hydroxyl groups is 1. The highest BCUT2D eigenvalue weighted by atomic mass is 35.5. The van der Waals surface area contributed by atoms with Crippen molar-refractivity contribution in [2.24, 2.45) is 0 Å². The second-order valence-corrected chi connectivity index (χ2v) is 12.3. The van der Waals surface area contributed by atoms with E-state index in [1.807, 2.05) is 0 Å². The SMILES string of the molecule is O=C(N1CCN(CCOCCO)CC1)N1CCCC(N(Cc2cc(F)ccc2F)S(=O)(=O)c2ccc(Cl)cc2)C1. The number of hydrogen-bond donors (Lipinski definition) is 1. The van der Waals surface area contributed by atoms with Crippen molar-refractivity contribution >= 4 is 27.7 Å². The highest BCUT2D eigenvalue weighted by Gasteiger charge is 2.37. The molecule has 2 aromatic carbocycles. The second-order valence-electron chi connectivity index (χ2n) is 9.93. The molecule has 2 aromatic rings. The van der Waals surface area contributed by atoms with Gasteiger partial charge in [0.25, 0.3) is 0 Å². The normalized spacial score (nSPS) is 18.9. The molecule has 2 aliphatic heterocycles. The van der Waals surface area contributed by atoms with Crippen LogP contribution in [0.5, 0.6) is 0 Å². The summed E-state index contributed by atoms with van der Waals surface area (Å²) in [4.78, 5) is 19.0. The van der Waals surface area contributed by atoms with E-state index in [9.17, 15) is 22.0 Å². The highest BCUT2D eigenvalue weighted by molar-refractivity contribution is 7.89. The van der Waals surface area contributed by atoms with Crippen LogP contribution in [0.3, 0.4) is 0 Å². The minimum atomic E-state index is -4.14. The average molecular weight is 601 g/mol. The number of rotatable bonds is 10. The summed E-state index contributed by atoms with van der Waals surface area (Å²) in [6.45, 7) is 4.16. The molecule has 0 radical (unpaired) electrons. The van der Waals surface area contributed by atoms with Crippen molar-refractivity contribution in [3.05, 3.63) is 64.7 Å². The largest absolute Gasteiger partial charge is 0.394 e. The summed E-state index contributed by atoms with van der Waals surface area (Å²) >= 11 is 5.97. The molecule has 2 amide bonds. The van der Waals surface area contributed by atoms with Gasteiger partial charge in [0.15, 0.2) is 0 Å².